The Labute approximate surface area is 136 Å². The van der Waals surface area contributed by atoms with Crippen LogP contribution < -0.4 is 4.74 Å². The van der Waals surface area contributed by atoms with Crippen molar-refractivity contribution in [2.75, 3.05) is 5.75 Å². The Balaban J connectivity index is 1.95. The van der Waals surface area contributed by atoms with Gasteiger partial charge < -0.3 is 9.84 Å². The highest BCUT2D eigenvalue weighted by Gasteiger charge is 2.03. The van der Waals surface area contributed by atoms with Gasteiger partial charge in [0.25, 0.3) is 0 Å². The van der Waals surface area contributed by atoms with Gasteiger partial charge in [0.15, 0.2) is 0 Å². The van der Waals surface area contributed by atoms with E-state index in [1.807, 2.05) is 24.3 Å². The van der Waals surface area contributed by atoms with Crippen molar-refractivity contribution >= 4 is 40.9 Å². The van der Waals surface area contributed by atoms with Crippen molar-refractivity contribution in [3.05, 3.63) is 58.1 Å². The van der Waals surface area contributed by atoms with Crippen LogP contribution in [0.1, 0.15) is 5.56 Å². The molecule has 1 N–H and O–H groups in total. The highest BCUT2D eigenvalue weighted by atomic mass is 35.5. The molecule has 0 aliphatic heterocycles. The minimum atomic E-state index is -0.806. The zero-order chi connectivity index (χ0) is 15.2. The van der Waals surface area contributed by atoms with Crippen molar-refractivity contribution in [1.29, 1.82) is 0 Å². The highest BCUT2D eigenvalue weighted by Crippen LogP contribution is 2.29. The van der Waals surface area contributed by atoms with E-state index in [4.69, 9.17) is 33.0 Å². The minimum Gasteiger partial charge on any atom is -0.481 e. The van der Waals surface area contributed by atoms with Gasteiger partial charge in [-0.1, -0.05) is 35.3 Å². The minimum absolute atomic E-state index is 0.0987. The largest absolute Gasteiger partial charge is 0.481 e. The zero-order valence-electron chi connectivity index (χ0n) is 10.9. The fourth-order valence-corrected chi connectivity index (χ4v) is 2.58. The second kappa shape index (κ2) is 7.59. The second-order valence-electron chi connectivity index (χ2n) is 4.21. The van der Waals surface area contributed by atoms with Crippen molar-refractivity contribution in [2.45, 2.75) is 5.75 Å². The highest BCUT2D eigenvalue weighted by molar-refractivity contribution is 7.99. The van der Waals surface area contributed by atoms with Crippen LogP contribution in [0.5, 0.6) is 11.5 Å². The maximum atomic E-state index is 10.4. The summed E-state index contributed by atoms with van der Waals surface area (Å²) in [5, 5.41) is 9.50. The van der Waals surface area contributed by atoms with Crippen LogP contribution in [0.15, 0.2) is 42.5 Å². The summed E-state index contributed by atoms with van der Waals surface area (Å²) in [4.78, 5) is 10.4. The molecule has 0 heterocycles. The molecule has 2 aromatic rings. The molecular formula is C15H12Cl2O3S. The molecule has 0 bridgehead atoms. The topological polar surface area (TPSA) is 46.5 Å². The van der Waals surface area contributed by atoms with E-state index >= 15 is 0 Å². The van der Waals surface area contributed by atoms with E-state index in [9.17, 15) is 4.79 Å². The molecule has 0 aliphatic carbocycles. The normalized spacial score (nSPS) is 10.4. The van der Waals surface area contributed by atoms with E-state index in [0.717, 1.165) is 5.56 Å². The van der Waals surface area contributed by atoms with Crippen molar-refractivity contribution in [2.24, 2.45) is 0 Å². The summed E-state index contributed by atoms with van der Waals surface area (Å²) in [6, 6.07) is 12.5. The van der Waals surface area contributed by atoms with Gasteiger partial charge in [0.05, 0.1) is 15.8 Å². The molecule has 2 rings (SSSR count). The van der Waals surface area contributed by atoms with Crippen LogP contribution in [0, 0.1) is 0 Å². The van der Waals surface area contributed by atoms with Crippen molar-refractivity contribution < 1.29 is 14.6 Å². The molecule has 0 aliphatic rings. The molecular weight excluding hydrogens is 331 g/mol. The molecule has 0 saturated heterocycles. The zero-order valence-corrected chi connectivity index (χ0v) is 13.2. The number of carboxylic acids is 1. The Kier molecular flexibility index (Phi) is 5.79. The van der Waals surface area contributed by atoms with Gasteiger partial charge in [0.1, 0.15) is 11.5 Å². The molecule has 0 radical (unpaired) electrons. The summed E-state index contributed by atoms with van der Waals surface area (Å²) in [5.41, 5.74) is 1.04. The van der Waals surface area contributed by atoms with E-state index < -0.39 is 5.97 Å². The third-order valence-electron chi connectivity index (χ3n) is 2.54. The lowest BCUT2D eigenvalue weighted by Gasteiger charge is -2.07. The lowest BCUT2D eigenvalue weighted by molar-refractivity contribution is -0.133. The summed E-state index contributed by atoms with van der Waals surface area (Å²) >= 11 is 13.1. The number of carboxylic acid groups (broad SMARTS) is 1. The summed E-state index contributed by atoms with van der Waals surface area (Å²) in [5.74, 6) is 1.23. The van der Waals surface area contributed by atoms with E-state index in [2.05, 4.69) is 0 Å². The number of aliphatic carboxylic acids is 1. The molecule has 6 heteroatoms. The van der Waals surface area contributed by atoms with Crippen LogP contribution in [-0.4, -0.2) is 16.8 Å². The fourth-order valence-electron chi connectivity index (χ4n) is 1.59. The Hall–Kier alpha value is -1.36. The van der Waals surface area contributed by atoms with Gasteiger partial charge in [0.2, 0.25) is 0 Å². The predicted octanol–water partition coefficient (Wildman–Crippen LogP) is 5.10. The number of benzene rings is 2. The molecule has 0 unspecified atom stereocenters. The summed E-state index contributed by atoms with van der Waals surface area (Å²) in [6.07, 6.45) is 0. The average Bonchev–Trinajstić information content (AvgIpc) is 2.44. The monoisotopic (exact) mass is 342 g/mol. The number of ether oxygens (including phenoxy) is 1. The molecule has 0 amide bonds. The molecule has 110 valence electrons. The van der Waals surface area contributed by atoms with Crippen LogP contribution in [0.25, 0.3) is 0 Å². The van der Waals surface area contributed by atoms with Gasteiger partial charge in [-0.05, 0) is 29.8 Å². The molecule has 2 aromatic carbocycles. The number of hydrogen-bond donors (Lipinski definition) is 1. The van der Waals surface area contributed by atoms with Crippen LogP contribution in [0.3, 0.4) is 0 Å². The molecule has 3 nitrogen and oxygen atoms in total. The van der Waals surface area contributed by atoms with Gasteiger partial charge in [-0.3, -0.25) is 4.79 Å². The van der Waals surface area contributed by atoms with E-state index in [0.29, 0.717) is 27.3 Å². The van der Waals surface area contributed by atoms with Gasteiger partial charge in [-0.2, -0.15) is 0 Å². The number of halogens is 2. The Morgan fingerprint density at radius 2 is 1.71 bits per heavy atom. The first kappa shape index (κ1) is 16.0. The SMILES string of the molecule is O=C(O)CSCc1ccc(Oc2ccc(Cl)c(Cl)c2)cc1. The lowest BCUT2D eigenvalue weighted by atomic mass is 10.2. The van der Waals surface area contributed by atoms with Gasteiger partial charge in [-0.25, -0.2) is 0 Å². The second-order valence-corrected chi connectivity index (χ2v) is 6.01. The van der Waals surface area contributed by atoms with Gasteiger partial charge in [-0.15, -0.1) is 11.8 Å². The Bertz CT molecular complexity index is 629. The van der Waals surface area contributed by atoms with Crippen molar-refractivity contribution in [1.82, 2.24) is 0 Å². The predicted molar refractivity (Wildman–Crippen MR) is 86.8 cm³/mol. The Morgan fingerprint density at radius 3 is 2.33 bits per heavy atom. The first-order valence-electron chi connectivity index (χ1n) is 6.06. The van der Waals surface area contributed by atoms with E-state index in [-0.39, 0.29) is 5.75 Å². The molecule has 0 spiro atoms. The van der Waals surface area contributed by atoms with Crippen LogP contribution in [0.4, 0.5) is 0 Å². The molecule has 21 heavy (non-hydrogen) atoms. The first-order chi connectivity index (χ1) is 10.0. The molecule has 0 atom stereocenters. The molecule has 0 aromatic heterocycles. The third-order valence-corrected chi connectivity index (χ3v) is 4.27. The average molecular weight is 343 g/mol. The maximum absolute atomic E-state index is 10.4. The summed E-state index contributed by atoms with van der Waals surface area (Å²) < 4.78 is 5.67. The number of carbonyl (C=O) groups is 1. The number of hydrogen-bond acceptors (Lipinski definition) is 3. The molecule has 0 saturated carbocycles. The van der Waals surface area contributed by atoms with Crippen LogP contribution >= 0.6 is 35.0 Å². The first-order valence-corrected chi connectivity index (χ1v) is 7.97. The number of rotatable bonds is 6. The van der Waals surface area contributed by atoms with Crippen LogP contribution in [-0.2, 0) is 10.5 Å². The lowest BCUT2D eigenvalue weighted by Crippen LogP contribution is -1.98. The maximum Gasteiger partial charge on any atom is 0.313 e. The standard InChI is InChI=1S/C15H12Cl2O3S/c16-13-6-5-12(7-14(13)17)20-11-3-1-10(2-4-11)8-21-9-15(18)19/h1-7H,8-9H2,(H,18,19). The van der Waals surface area contributed by atoms with Gasteiger partial charge >= 0.3 is 5.97 Å². The summed E-state index contributed by atoms with van der Waals surface area (Å²) in [7, 11) is 0. The third kappa shape index (κ3) is 5.16. The smallest absolute Gasteiger partial charge is 0.313 e. The molecule has 0 fully saturated rings. The van der Waals surface area contributed by atoms with Gasteiger partial charge in [0, 0.05) is 11.8 Å². The quantitative estimate of drug-likeness (QED) is 0.792. The van der Waals surface area contributed by atoms with E-state index in [1.165, 1.54) is 11.8 Å². The number of thioether (sulfide) groups is 1. The summed E-state index contributed by atoms with van der Waals surface area (Å²) in [6.45, 7) is 0. The van der Waals surface area contributed by atoms with E-state index in [1.54, 1.807) is 18.2 Å². The van der Waals surface area contributed by atoms with Crippen molar-refractivity contribution in [3.8, 4) is 11.5 Å². The van der Waals surface area contributed by atoms with Crippen LogP contribution in [0.2, 0.25) is 10.0 Å². The van der Waals surface area contributed by atoms with Crippen molar-refractivity contribution in [3.63, 3.8) is 0 Å². The fraction of sp³-hybridized carbons (Fsp3) is 0.133. The Morgan fingerprint density at radius 1 is 1.05 bits per heavy atom.